The molecule has 0 saturated carbocycles. The first-order valence-electron chi connectivity index (χ1n) is 0. The van der Waals surface area contributed by atoms with E-state index < -0.39 is 0 Å². The van der Waals surface area contributed by atoms with Crippen molar-refractivity contribution in [2.45, 2.75) is 0 Å². The van der Waals surface area contributed by atoms with Gasteiger partial charge in [0.25, 0.3) is 0 Å². The first kappa shape index (κ1) is 959. The molecule has 0 aromatic heterocycles. The van der Waals surface area contributed by atoms with Crippen molar-refractivity contribution < 1.29 is 310 Å². The van der Waals surface area contributed by atoms with Crippen molar-refractivity contribution >= 4 is 360 Å². The fourth-order valence-electron chi connectivity index (χ4n) is 0. The van der Waals surface area contributed by atoms with Crippen LogP contribution in [0.25, 0.3) is 0 Å². The Kier molecular flexibility index (Phi) is 19400. The van der Waals surface area contributed by atoms with E-state index in [0.717, 1.165) is 0 Å². The Morgan fingerprint density at radius 1 is 0.0667 bits per heavy atom. The van der Waals surface area contributed by atoms with E-state index in [0.29, 0.717) is 0 Å². The van der Waals surface area contributed by atoms with Gasteiger partial charge in [-0.1, -0.05) is 0 Å². The van der Waals surface area contributed by atoms with E-state index in [9.17, 15) is 0 Å². The van der Waals surface area contributed by atoms with E-state index in [2.05, 4.69) is 0 Å². The summed E-state index contributed by atoms with van der Waals surface area (Å²) in [4.78, 5) is 0. The van der Waals surface area contributed by atoms with Gasteiger partial charge in [0, 0.05) is 494 Å². The van der Waals surface area contributed by atoms with E-state index in [1.54, 1.807) is 0 Å². The minimum atomic E-state index is 0. The van der Waals surface area contributed by atoms with Crippen molar-refractivity contribution in [3.8, 4) is 0 Å². The standard InChI is InChI=1S/7K.6Nb.32H2O/h;;;;;;;;;;;;;32*1H2. The Hall–Kier alpha value is 14.6. The zero-order valence-corrected chi connectivity index (χ0v) is 60.7. The Morgan fingerprint density at radius 3 is 0.0667 bits per heavy atom. The van der Waals surface area contributed by atoms with Crippen LogP contribution >= 0.6 is 0 Å². The van der Waals surface area contributed by atoms with Crippen LogP contribution in [0.3, 0.4) is 0 Å². The van der Waals surface area contributed by atoms with Crippen LogP contribution in [0.4, 0.5) is 0 Å². The SMILES string of the molecule is O.O.O.O.O.O.O.O.O.O.O.O.O.O.O.O.O.O.O.O.O.O.O.O.O.O.O.O.O.O.O.O.[K].[K].[K].[K].[K].[K].[K].[Nb].[Nb].[Nb].[Nb].[Nb].[Nb]. The topological polar surface area (TPSA) is 1010 Å². The molecule has 64 N–H and O–H groups in total. The van der Waals surface area contributed by atoms with Crippen LogP contribution in [-0.4, -0.2) is 535 Å². The second-order valence-corrected chi connectivity index (χ2v) is 0. The molecule has 0 amide bonds. The molecule has 0 aliphatic carbocycles. The van der Waals surface area contributed by atoms with Gasteiger partial charge in [-0.2, -0.15) is 0 Å². The smallest absolute Gasteiger partial charge is 0 e. The van der Waals surface area contributed by atoms with Crippen LogP contribution in [0.1, 0.15) is 0 Å². The maximum atomic E-state index is 0. The van der Waals surface area contributed by atoms with Crippen LogP contribution in [0.5, 0.6) is 0 Å². The maximum Gasteiger partial charge on any atom is 0 e. The summed E-state index contributed by atoms with van der Waals surface area (Å²) in [6, 6.07) is 0. The van der Waals surface area contributed by atoms with Crippen LogP contribution in [-0.2, 0) is 134 Å². The molecular weight excluding hydrogens is 1340 g/mol. The summed E-state index contributed by atoms with van der Waals surface area (Å²) in [6.45, 7) is 0. The molecule has 0 spiro atoms. The first-order chi connectivity index (χ1) is 0. The second-order valence-electron chi connectivity index (χ2n) is 0. The molecular formula is H64K7Nb6O32. The van der Waals surface area contributed by atoms with Gasteiger partial charge in [0.1, 0.15) is 0 Å². The van der Waals surface area contributed by atoms with Gasteiger partial charge in [-0.3, -0.25) is 0 Å². The molecule has 32 nitrogen and oxygen atoms in total. The maximum absolute atomic E-state index is 0. The Balaban J connectivity index is 0. The molecule has 0 saturated heterocycles. The zero-order chi connectivity index (χ0) is 0. The monoisotopic (exact) mass is 1410 g/mol. The van der Waals surface area contributed by atoms with E-state index in [4.69, 9.17) is 0 Å². The van der Waals surface area contributed by atoms with Crippen molar-refractivity contribution in [3.63, 3.8) is 0 Å². The summed E-state index contributed by atoms with van der Waals surface area (Å²) in [7, 11) is 0. The summed E-state index contributed by atoms with van der Waals surface area (Å²) < 4.78 is 0. The molecule has 45 heavy (non-hydrogen) atoms. The van der Waals surface area contributed by atoms with Gasteiger partial charge >= 0.3 is 0 Å². The molecule has 293 valence electrons. The molecule has 0 atom stereocenters. The Morgan fingerprint density at radius 2 is 0.0667 bits per heavy atom. The molecule has 0 aromatic carbocycles. The molecule has 0 heterocycles. The van der Waals surface area contributed by atoms with Crippen LogP contribution < -0.4 is 0 Å². The predicted molar refractivity (Wildman–Crippen MR) is 156 cm³/mol. The van der Waals surface area contributed by atoms with Gasteiger partial charge in [0.05, 0.1) is 0 Å². The number of hydrogen-bond donors (Lipinski definition) is 0. The van der Waals surface area contributed by atoms with E-state index in [1.807, 2.05) is 0 Å². The largest absolute Gasteiger partial charge is 0.412 e. The van der Waals surface area contributed by atoms with Gasteiger partial charge in [-0.25, -0.2) is 0 Å². The molecule has 0 aliphatic heterocycles. The third-order valence-corrected chi connectivity index (χ3v) is 0. The predicted octanol–water partition coefficient (Wildman–Crippen LogP) is -29.1. The molecule has 0 rings (SSSR count). The van der Waals surface area contributed by atoms with Gasteiger partial charge < -0.3 is 175 Å². The van der Waals surface area contributed by atoms with Gasteiger partial charge in [0.15, 0.2) is 0 Å². The summed E-state index contributed by atoms with van der Waals surface area (Å²) in [5.41, 5.74) is 0. The number of hydrogen-bond acceptors (Lipinski definition) is 0. The van der Waals surface area contributed by atoms with Crippen LogP contribution in [0, 0.1) is 0 Å². The molecule has 0 aromatic rings. The number of rotatable bonds is 0. The normalized spacial score (nSPS) is 0. The molecule has 45 heteroatoms. The van der Waals surface area contributed by atoms with Crippen molar-refractivity contribution in [2.24, 2.45) is 0 Å². The fraction of sp³-hybridized carbons (Fsp3) is 0. The Labute approximate surface area is 649 Å². The molecule has 0 unspecified atom stereocenters. The van der Waals surface area contributed by atoms with Crippen molar-refractivity contribution in [1.29, 1.82) is 0 Å². The minimum Gasteiger partial charge on any atom is -0.412 e. The zero-order valence-electron chi connectivity index (χ0n) is 25.7. The third kappa shape index (κ3) is 879. The summed E-state index contributed by atoms with van der Waals surface area (Å²) >= 11 is 0. The van der Waals surface area contributed by atoms with E-state index >= 15 is 0 Å². The van der Waals surface area contributed by atoms with Crippen molar-refractivity contribution in [2.75, 3.05) is 0 Å². The summed E-state index contributed by atoms with van der Waals surface area (Å²) in [6.07, 6.45) is 0. The Bertz CT molecular complexity index is 52.0. The molecule has 0 fully saturated rings. The summed E-state index contributed by atoms with van der Waals surface area (Å²) in [5.74, 6) is 0. The van der Waals surface area contributed by atoms with Gasteiger partial charge in [0.2, 0.25) is 0 Å². The second kappa shape index (κ2) is 911. The van der Waals surface area contributed by atoms with E-state index in [1.165, 1.54) is 0 Å². The molecule has 0 bridgehead atoms. The average Bonchev–Trinajstić information content (AvgIpc) is 0. The minimum absolute atomic E-state index is 0. The average molecular weight is 1410 g/mol. The van der Waals surface area contributed by atoms with Crippen molar-refractivity contribution in [3.05, 3.63) is 0 Å². The quantitative estimate of drug-likeness (QED) is 0.204. The van der Waals surface area contributed by atoms with Crippen LogP contribution in [0.2, 0.25) is 0 Å². The van der Waals surface area contributed by atoms with Gasteiger partial charge in [-0.15, -0.1) is 0 Å². The third-order valence-electron chi connectivity index (χ3n) is 0. The van der Waals surface area contributed by atoms with Crippen molar-refractivity contribution in [1.82, 2.24) is 0 Å². The fourth-order valence-corrected chi connectivity index (χ4v) is 0. The van der Waals surface area contributed by atoms with Gasteiger partial charge in [-0.05, 0) is 0 Å². The molecule has 0 aliphatic rings. The molecule has 13 radical (unpaired) electrons. The summed E-state index contributed by atoms with van der Waals surface area (Å²) in [5, 5.41) is 0. The first-order valence-corrected chi connectivity index (χ1v) is 0. The van der Waals surface area contributed by atoms with E-state index in [-0.39, 0.29) is 669 Å². The van der Waals surface area contributed by atoms with Crippen LogP contribution in [0.15, 0.2) is 0 Å².